The molecule has 0 N–H and O–H groups in total. The van der Waals surface area contributed by atoms with E-state index in [0.29, 0.717) is 35.3 Å². The summed E-state index contributed by atoms with van der Waals surface area (Å²) in [7, 11) is 6.38. The molecule has 0 saturated carbocycles. The molecule has 0 bridgehead atoms. The summed E-state index contributed by atoms with van der Waals surface area (Å²) in [5.74, 6) is 1.78. The van der Waals surface area contributed by atoms with E-state index in [1.54, 1.807) is 24.1 Å². The third kappa shape index (κ3) is 3.56. The van der Waals surface area contributed by atoms with E-state index in [2.05, 4.69) is 13.8 Å². The number of nitrogens with zero attached hydrogens (tertiary/aromatic N) is 1. The van der Waals surface area contributed by atoms with Crippen molar-refractivity contribution in [3.05, 3.63) is 17.7 Å². The number of ether oxygens (including phenoxy) is 3. The van der Waals surface area contributed by atoms with Crippen LogP contribution in [0.2, 0.25) is 0 Å². The summed E-state index contributed by atoms with van der Waals surface area (Å²) in [6.07, 6.45) is 0. The molecule has 5 heteroatoms. The Hall–Kier alpha value is -1.91. The van der Waals surface area contributed by atoms with Gasteiger partial charge in [-0.05, 0) is 18.1 Å². The molecule has 0 saturated heterocycles. The molecular weight excluding hydrogens is 258 g/mol. The molecule has 20 heavy (non-hydrogen) atoms. The number of hydrogen-bond donors (Lipinski definition) is 0. The lowest BCUT2D eigenvalue weighted by atomic mass is 10.1. The molecule has 0 radical (unpaired) electrons. The van der Waals surface area contributed by atoms with Crippen LogP contribution in [0.3, 0.4) is 0 Å². The molecule has 0 unspecified atom stereocenters. The first-order chi connectivity index (χ1) is 9.44. The number of amides is 1. The molecule has 1 aromatic rings. The molecule has 0 atom stereocenters. The smallest absolute Gasteiger partial charge is 0.253 e. The third-order valence-corrected chi connectivity index (χ3v) is 2.90. The van der Waals surface area contributed by atoms with Gasteiger partial charge in [0.25, 0.3) is 5.91 Å². The van der Waals surface area contributed by atoms with Gasteiger partial charge in [-0.3, -0.25) is 4.79 Å². The number of rotatable bonds is 6. The quantitative estimate of drug-likeness (QED) is 0.803. The van der Waals surface area contributed by atoms with Crippen molar-refractivity contribution in [3.63, 3.8) is 0 Å². The zero-order chi connectivity index (χ0) is 15.3. The number of methoxy groups -OCH3 is 3. The Morgan fingerprint density at radius 3 is 1.95 bits per heavy atom. The highest BCUT2D eigenvalue weighted by Crippen LogP contribution is 2.38. The third-order valence-electron chi connectivity index (χ3n) is 2.90. The van der Waals surface area contributed by atoms with Gasteiger partial charge >= 0.3 is 0 Å². The summed E-state index contributed by atoms with van der Waals surface area (Å²) >= 11 is 0. The maximum Gasteiger partial charge on any atom is 0.253 e. The monoisotopic (exact) mass is 281 g/mol. The van der Waals surface area contributed by atoms with Crippen LogP contribution in [0.1, 0.15) is 24.2 Å². The molecule has 0 aliphatic carbocycles. The van der Waals surface area contributed by atoms with Gasteiger partial charge in [0, 0.05) is 19.2 Å². The molecule has 0 spiro atoms. The fraction of sp³-hybridized carbons (Fsp3) is 0.533. The van der Waals surface area contributed by atoms with E-state index in [9.17, 15) is 4.79 Å². The van der Waals surface area contributed by atoms with Gasteiger partial charge in [-0.25, -0.2) is 0 Å². The zero-order valence-corrected chi connectivity index (χ0v) is 13.0. The average Bonchev–Trinajstić information content (AvgIpc) is 2.43. The maximum absolute atomic E-state index is 12.4. The minimum atomic E-state index is -0.0713. The van der Waals surface area contributed by atoms with E-state index in [1.807, 2.05) is 0 Å². The summed E-state index contributed by atoms with van der Waals surface area (Å²) in [6.45, 7) is 4.83. The lowest BCUT2D eigenvalue weighted by molar-refractivity contribution is 0.0778. The van der Waals surface area contributed by atoms with Crippen LogP contribution in [-0.4, -0.2) is 45.7 Å². The maximum atomic E-state index is 12.4. The van der Waals surface area contributed by atoms with Gasteiger partial charge in [0.2, 0.25) is 5.75 Å². The van der Waals surface area contributed by atoms with Gasteiger partial charge in [0.15, 0.2) is 11.5 Å². The van der Waals surface area contributed by atoms with Gasteiger partial charge < -0.3 is 19.1 Å². The summed E-state index contributed by atoms with van der Waals surface area (Å²) in [5.41, 5.74) is 0.516. The molecule has 0 aromatic heterocycles. The Balaban J connectivity index is 3.15. The summed E-state index contributed by atoms with van der Waals surface area (Å²) in [5, 5.41) is 0. The predicted octanol–water partition coefficient (Wildman–Crippen LogP) is 2.44. The SMILES string of the molecule is COc1cc(C(=O)N(C)CC(C)C)cc(OC)c1OC. The zero-order valence-electron chi connectivity index (χ0n) is 13.0. The standard InChI is InChI=1S/C15H23NO4/c1-10(2)9-16(3)15(17)11-7-12(18-4)14(20-6)13(8-11)19-5/h7-8,10H,9H2,1-6H3. The second kappa shape index (κ2) is 7.03. The van der Waals surface area contributed by atoms with Crippen molar-refractivity contribution in [3.8, 4) is 17.2 Å². The van der Waals surface area contributed by atoms with Crippen molar-refractivity contribution in [2.24, 2.45) is 5.92 Å². The predicted molar refractivity (Wildman–Crippen MR) is 77.9 cm³/mol. The fourth-order valence-corrected chi connectivity index (χ4v) is 2.06. The normalized spacial score (nSPS) is 10.3. The highest BCUT2D eigenvalue weighted by molar-refractivity contribution is 5.95. The molecule has 112 valence electrons. The van der Waals surface area contributed by atoms with E-state index >= 15 is 0 Å². The van der Waals surface area contributed by atoms with Crippen LogP contribution in [0.5, 0.6) is 17.2 Å². The van der Waals surface area contributed by atoms with E-state index in [4.69, 9.17) is 14.2 Å². The first-order valence-corrected chi connectivity index (χ1v) is 6.50. The van der Waals surface area contributed by atoms with Crippen LogP contribution >= 0.6 is 0 Å². The van der Waals surface area contributed by atoms with Gasteiger partial charge in [-0.15, -0.1) is 0 Å². The van der Waals surface area contributed by atoms with Crippen molar-refractivity contribution in [2.75, 3.05) is 34.9 Å². The molecule has 1 amide bonds. The average molecular weight is 281 g/mol. The highest BCUT2D eigenvalue weighted by Gasteiger charge is 2.19. The minimum absolute atomic E-state index is 0.0713. The van der Waals surface area contributed by atoms with Crippen molar-refractivity contribution in [1.29, 1.82) is 0 Å². The highest BCUT2D eigenvalue weighted by atomic mass is 16.5. The van der Waals surface area contributed by atoms with Crippen molar-refractivity contribution in [2.45, 2.75) is 13.8 Å². The number of carbonyl (C=O) groups excluding carboxylic acids is 1. The second-order valence-corrected chi connectivity index (χ2v) is 4.99. The number of carbonyl (C=O) groups is 1. The molecule has 0 fully saturated rings. The van der Waals surface area contributed by atoms with Gasteiger partial charge in [0.05, 0.1) is 21.3 Å². The van der Waals surface area contributed by atoms with E-state index in [-0.39, 0.29) is 5.91 Å². The second-order valence-electron chi connectivity index (χ2n) is 4.99. The molecular formula is C15H23NO4. The first-order valence-electron chi connectivity index (χ1n) is 6.50. The molecule has 0 heterocycles. The van der Waals surface area contributed by atoms with Gasteiger partial charge in [0.1, 0.15) is 0 Å². The van der Waals surface area contributed by atoms with Crippen molar-refractivity contribution >= 4 is 5.91 Å². The lowest BCUT2D eigenvalue weighted by Crippen LogP contribution is -2.30. The van der Waals surface area contributed by atoms with Crippen molar-refractivity contribution < 1.29 is 19.0 Å². The lowest BCUT2D eigenvalue weighted by Gasteiger charge is -2.20. The largest absolute Gasteiger partial charge is 0.493 e. The van der Waals surface area contributed by atoms with Crippen LogP contribution < -0.4 is 14.2 Å². The van der Waals surface area contributed by atoms with Gasteiger partial charge in [-0.2, -0.15) is 0 Å². The van der Waals surface area contributed by atoms with E-state index < -0.39 is 0 Å². The Labute approximate surface area is 120 Å². The first kappa shape index (κ1) is 16.1. The molecule has 1 rings (SSSR count). The van der Waals surface area contributed by atoms with E-state index in [0.717, 1.165) is 0 Å². The van der Waals surface area contributed by atoms with Crippen molar-refractivity contribution in [1.82, 2.24) is 4.90 Å². The summed E-state index contributed by atoms with van der Waals surface area (Å²) < 4.78 is 15.8. The summed E-state index contributed by atoms with van der Waals surface area (Å²) in [4.78, 5) is 14.1. The topological polar surface area (TPSA) is 48.0 Å². The molecule has 1 aromatic carbocycles. The number of hydrogen-bond acceptors (Lipinski definition) is 4. The Morgan fingerprint density at radius 2 is 1.60 bits per heavy atom. The van der Waals surface area contributed by atoms with Crippen LogP contribution in [-0.2, 0) is 0 Å². The Kier molecular flexibility index (Phi) is 5.67. The molecule has 0 aliphatic heterocycles. The van der Waals surface area contributed by atoms with Crippen LogP contribution in [0, 0.1) is 5.92 Å². The summed E-state index contributed by atoms with van der Waals surface area (Å²) in [6, 6.07) is 3.33. The minimum Gasteiger partial charge on any atom is -0.493 e. The molecule has 5 nitrogen and oxygen atoms in total. The van der Waals surface area contributed by atoms with E-state index in [1.165, 1.54) is 21.3 Å². The number of benzene rings is 1. The van der Waals surface area contributed by atoms with Crippen LogP contribution in [0.4, 0.5) is 0 Å². The fourth-order valence-electron chi connectivity index (χ4n) is 2.06. The van der Waals surface area contributed by atoms with Crippen LogP contribution in [0.15, 0.2) is 12.1 Å². The Bertz CT molecular complexity index is 446. The Morgan fingerprint density at radius 1 is 1.10 bits per heavy atom. The van der Waals surface area contributed by atoms with Gasteiger partial charge in [-0.1, -0.05) is 13.8 Å². The molecule has 0 aliphatic rings. The van der Waals surface area contributed by atoms with Crippen LogP contribution in [0.25, 0.3) is 0 Å².